The summed E-state index contributed by atoms with van der Waals surface area (Å²) in [5.74, 6) is 1.34. The number of carbonyl (C=O) groups excluding carboxylic acids is 1. The number of hydrogen-bond donors (Lipinski definition) is 2. The highest BCUT2D eigenvalue weighted by atomic mass is 32.1. The first kappa shape index (κ1) is 19.5. The Morgan fingerprint density at radius 3 is 2.83 bits per heavy atom. The first-order valence-corrected chi connectivity index (χ1v) is 10.6. The molecule has 0 unspecified atom stereocenters. The van der Waals surface area contributed by atoms with Crippen LogP contribution in [0.3, 0.4) is 0 Å². The summed E-state index contributed by atoms with van der Waals surface area (Å²) < 4.78 is 0. The number of nitrogens with zero attached hydrogens (tertiary/aromatic N) is 4. The average Bonchev–Trinajstić information content (AvgIpc) is 3.23. The molecular weight excluding hydrogens is 384 g/mol. The molecule has 150 valence electrons. The number of likely N-dealkylation sites (tertiary alicyclic amines) is 1. The van der Waals surface area contributed by atoms with Crippen molar-refractivity contribution < 1.29 is 4.79 Å². The minimum absolute atomic E-state index is 0.169. The van der Waals surface area contributed by atoms with Gasteiger partial charge in [-0.15, -0.1) is 0 Å². The Morgan fingerprint density at radius 2 is 2.07 bits per heavy atom. The molecule has 0 radical (unpaired) electrons. The normalized spacial score (nSPS) is 14.7. The van der Waals surface area contributed by atoms with E-state index >= 15 is 0 Å². The maximum absolute atomic E-state index is 12.0. The Bertz CT molecular complexity index is 953. The molecule has 0 aromatic carbocycles. The van der Waals surface area contributed by atoms with Gasteiger partial charge in [0.05, 0.1) is 11.4 Å². The zero-order valence-electron chi connectivity index (χ0n) is 16.3. The fourth-order valence-corrected chi connectivity index (χ4v) is 4.33. The van der Waals surface area contributed by atoms with Crippen molar-refractivity contribution in [1.29, 1.82) is 0 Å². The van der Waals surface area contributed by atoms with Gasteiger partial charge in [-0.3, -0.25) is 9.78 Å². The summed E-state index contributed by atoms with van der Waals surface area (Å²) in [6.07, 6.45) is 7.33. The van der Waals surface area contributed by atoms with Crippen LogP contribution >= 0.6 is 11.3 Å². The first-order chi connectivity index (χ1) is 14.2. The Labute approximate surface area is 174 Å². The van der Waals surface area contributed by atoms with E-state index in [4.69, 9.17) is 4.98 Å². The van der Waals surface area contributed by atoms with Gasteiger partial charge >= 0.3 is 0 Å². The van der Waals surface area contributed by atoms with Crippen molar-refractivity contribution in [2.24, 2.45) is 0 Å². The Hall–Kier alpha value is -2.84. The quantitative estimate of drug-likeness (QED) is 0.651. The summed E-state index contributed by atoms with van der Waals surface area (Å²) in [5, 5.41) is 7.06. The van der Waals surface area contributed by atoms with Gasteiger partial charge < -0.3 is 15.5 Å². The number of rotatable bonds is 6. The number of nitrogens with one attached hydrogen (secondary N) is 2. The van der Waals surface area contributed by atoms with Crippen LogP contribution in [0.4, 0.5) is 10.9 Å². The van der Waals surface area contributed by atoms with Crippen LogP contribution in [0.2, 0.25) is 0 Å². The van der Waals surface area contributed by atoms with Gasteiger partial charge in [0.1, 0.15) is 5.82 Å². The van der Waals surface area contributed by atoms with Crippen LogP contribution in [0.5, 0.6) is 0 Å². The number of likely N-dealkylation sites (N-methyl/N-ethyl adjacent to an activating group) is 1. The Morgan fingerprint density at radius 1 is 1.21 bits per heavy atom. The topological polar surface area (TPSA) is 83.0 Å². The largest absolute Gasteiger partial charge is 0.342 e. The first-order valence-electron chi connectivity index (χ1n) is 9.75. The van der Waals surface area contributed by atoms with Crippen LogP contribution in [0.25, 0.3) is 10.4 Å². The number of carbonyl (C=O) groups is 1. The van der Waals surface area contributed by atoms with E-state index in [0.29, 0.717) is 12.5 Å². The summed E-state index contributed by atoms with van der Waals surface area (Å²) in [7, 11) is 1.80. The molecule has 29 heavy (non-hydrogen) atoms. The van der Waals surface area contributed by atoms with Gasteiger partial charge in [0, 0.05) is 48.9 Å². The third kappa shape index (κ3) is 4.78. The number of amides is 1. The van der Waals surface area contributed by atoms with Gasteiger partial charge in [-0.2, -0.15) is 0 Å². The van der Waals surface area contributed by atoms with Gasteiger partial charge in [0.25, 0.3) is 0 Å². The van der Waals surface area contributed by atoms with Crippen LogP contribution in [-0.4, -0.2) is 52.4 Å². The van der Waals surface area contributed by atoms with E-state index in [1.54, 1.807) is 24.6 Å². The lowest BCUT2D eigenvalue weighted by atomic mass is 9.93. The second kappa shape index (κ2) is 9.11. The lowest BCUT2D eigenvalue weighted by molar-refractivity contribution is -0.131. The van der Waals surface area contributed by atoms with E-state index in [1.165, 1.54) is 0 Å². The molecule has 0 bridgehead atoms. The molecule has 3 aromatic heterocycles. The van der Waals surface area contributed by atoms with E-state index in [2.05, 4.69) is 26.7 Å². The molecule has 4 heterocycles. The van der Waals surface area contributed by atoms with Crippen molar-refractivity contribution in [3.63, 3.8) is 0 Å². The van der Waals surface area contributed by atoms with Gasteiger partial charge in [-0.1, -0.05) is 23.5 Å². The third-order valence-electron chi connectivity index (χ3n) is 5.05. The lowest BCUT2D eigenvalue weighted by Crippen LogP contribution is -2.42. The number of aromatic nitrogens is 3. The molecule has 0 spiro atoms. The molecule has 1 aliphatic rings. The molecule has 1 aliphatic heterocycles. The van der Waals surface area contributed by atoms with E-state index in [-0.39, 0.29) is 5.91 Å². The number of hydrogen-bond acceptors (Lipinski definition) is 7. The highest BCUT2D eigenvalue weighted by Gasteiger charge is 2.24. The smallest absolute Gasteiger partial charge is 0.236 e. The molecule has 0 aliphatic carbocycles. The minimum atomic E-state index is 0.169. The molecule has 4 rings (SSSR count). The van der Waals surface area contributed by atoms with Gasteiger partial charge in [-0.25, -0.2) is 9.97 Å². The third-order valence-corrected chi connectivity index (χ3v) is 6.01. The summed E-state index contributed by atoms with van der Waals surface area (Å²) in [5.41, 5.74) is 2.12. The zero-order valence-corrected chi connectivity index (χ0v) is 17.2. The van der Waals surface area contributed by atoms with Gasteiger partial charge in [-0.05, 0) is 38.1 Å². The molecule has 1 fully saturated rings. The zero-order chi connectivity index (χ0) is 20.1. The minimum Gasteiger partial charge on any atom is -0.342 e. The Balaban J connectivity index is 1.40. The fraction of sp³-hybridized carbons (Fsp3) is 0.333. The number of piperidine rings is 1. The SMILES string of the molecule is CNCC(=O)N1CCC(c2cccc(Nc3ncc(-c4cccnc4)s3)n2)CC1. The summed E-state index contributed by atoms with van der Waals surface area (Å²) in [6, 6.07) is 10.0. The van der Waals surface area contributed by atoms with Crippen molar-refractivity contribution in [2.45, 2.75) is 18.8 Å². The highest BCUT2D eigenvalue weighted by Crippen LogP contribution is 2.31. The van der Waals surface area contributed by atoms with E-state index in [0.717, 1.165) is 53.0 Å². The van der Waals surface area contributed by atoms with Crippen LogP contribution in [-0.2, 0) is 4.79 Å². The van der Waals surface area contributed by atoms with Crippen molar-refractivity contribution in [1.82, 2.24) is 25.2 Å². The summed E-state index contributed by atoms with van der Waals surface area (Å²) >= 11 is 1.58. The van der Waals surface area contributed by atoms with Gasteiger partial charge in [0.2, 0.25) is 5.91 Å². The molecule has 0 atom stereocenters. The van der Waals surface area contributed by atoms with Crippen molar-refractivity contribution in [3.05, 3.63) is 54.6 Å². The van der Waals surface area contributed by atoms with E-state index in [1.807, 2.05) is 41.6 Å². The monoisotopic (exact) mass is 408 g/mol. The predicted octanol–water partition coefficient (Wildman–Crippen LogP) is 3.27. The summed E-state index contributed by atoms with van der Waals surface area (Å²) in [6.45, 7) is 1.97. The van der Waals surface area contributed by atoms with Crippen LogP contribution in [0.1, 0.15) is 24.5 Å². The number of pyridine rings is 2. The maximum atomic E-state index is 12.0. The molecule has 7 nitrogen and oxygen atoms in total. The lowest BCUT2D eigenvalue weighted by Gasteiger charge is -2.31. The fourth-order valence-electron chi connectivity index (χ4n) is 3.52. The molecular formula is C21H24N6OS. The molecule has 0 saturated carbocycles. The Kier molecular flexibility index (Phi) is 6.12. The number of anilines is 2. The molecule has 3 aromatic rings. The highest BCUT2D eigenvalue weighted by molar-refractivity contribution is 7.18. The van der Waals surface area contributed by atoms with Crippen LogP contribution in [0.15, 0.2) is 48.9 Å². The van der Waals surface area contributed by atoms with Crippen molar-refractivity contribution in [3.8, 4) is 10.4 Å². The van der Waals surface area contributed by atoms with Gasteiger partial charge in [0.15, 0.2) is 5.13 Å². The van der Waals surface area contributed by atoms with E-state index in [9.17, 15) is 4.79 Å². The second-order valence-electron chi connectivity index (χ2n) is 7.03. The average molecular weight is 409 g/mol. The predicted molar refractivity (Wildman–Crippen MR) is 115 cm³/mol. The number of thiazole rings is 1. The molecule has 8 heteroatoms. The molecule has 1 saturated heterocycles. The van der Waals surface area contributed by atoms with Crippen LogP contribution < -0.4 is 10.6 Å². The summed E-state index contributed by atoms with van der Waals surface area (Å²) in [4.78, 5) is 28.5. The van der Waals surface area contributed by atoms with Crippen molar-refractivity contribution in [2.75, 3.05) is 32.0 Å². The second-order valence-corrected chi connectivity index (χ2v) is 8.06. The van der Waals surface area contributed by atoms with Crippen LogP contribution in [0, 0.1) is 0 Å². The molecule has 2 N–H and O–H groups in total. The van der Waals surface area contributed by atoms with E-state index < -0.39 is 0 Å². The maximum Gasteiger partial charge on any atom is 0.236 e. The molecule has 1 amide bonds. The standard InChI is InChI=1S/C21H24N6OS/c1-22-14-20(28)27-10-7-15(8-11-27)17-5-2-6-19(25-17)26-21-24-13-18(29-21)16-4-3-9-23-12-16/h2-6,9,12-13,15,22H,7-8,10-11,14H2,1H3,(H,24,25,26). The van der Waals surface area contributed by atoms with Crippen molar-refractivity contribution >= 4 is 28.2 Å².